The molecule has 3 rings (SSSR count). The molecule has 2 fully saturated rings. The lowest BCUT2D eigenvalue weighted by molar-refractivity contribution is 0.0784. The smallest absolute Gasteiger partial charge is 0.161 e. The molecule has 0 bridgehead atoms. The summed E-state index contributed by atoms with van der Waals surface area (Å²) in [5, 5.41) is 10.3. The lowest BCUT2D eigenvalue weighted by atomic mass is 9.87. The molecule has 0 aliphatic heterocycles. The van der Waals surface area contributed by atoms with E-state index in [9.17, 15) is 18.3 Å². The zero-order valence-electron chi connectivity index (χ0n) is 9.87. The summed E-state index contributed by atoms with van der Waals surface area (Å²) in [6.45, 7) is 0. The van der Waals surface area contributed by atoms with Crippen LogP contribution in [0.5, 0.6) is 0 Å². The highest BCUT2D eigenvalue weighted by molar-refractivity contribution is 5.24. The van der Waals surface area contributed by atoms with E-state index in [2.05, 4.69) is 0 Å². The van der Waals surface area contributed by atoms with E-state index in [0.29, 0.717) is 17.9 Å². The number of aliphatic hydroxyl groups excluding tert-OH is 1. The topological polar surface area (TPSA) is 20.2 Å². The van der Waals surface area contributed by atoms with Gasteiger partial charge in [0, 0.05) is 11.6 Å². The van der Waals surface area contributed by atoms with Crippen LogP contribution in [0.25, 0.3) is 0 Å². The first kappa shape index (κ1) is 12.0. The van der Waals surface area contributed by atoms with Crippen LogP contribution in [-0.2, 0) is 0 Å². The summed E-state index contributed by atoms with van der Waals surface area (Å²) < 4.78 is 39.7. The largest absolute Gasteiger partial charge is 0.388 e. The highest BCUT2D eigenvalue weighted by Gasteiger charge is 2.46. The Bertz CT molecular complexity index is 454. The molecule has 98 valence electrons. The van der Waals surface area contributed by atoms with Gasteiger partial charge < -0.3 is 5.11 Å². The van der Waals surface area contributed by atoms with E-state index in [1.165, 1.54) is 0 Å². The first-order valence-electron chi connectivity index (χ1n) is 6.40. The summed E-state index contributed by atoms with van der Waals surface area (Å²) in [7, 11) is 0. The molecule has 1 aromatic rings. The van der Waals surface area contributed by atoms with Crippen molar-refractivity contribution in [2.24, 2.45) is 17.8 Å². The molecule has 0 radical (unpaired) electrons. The second-order valence-electron chi connectivity index (χ2n) is 5.48. The maximum absolute atomic E-state index is 13.6. The molecule has 4 heteroatoms. The van der Waals surface area contributed by atoms with Gasteiger partial charge in [0.2, 0.25) is 0 Å². The minimum atomic E-state index is -1.21. The molecular formula is C14H15F3O. The standard InChI is InChI=1S/C14H15F3O/c15-10-6-12(17)11(16)5-9(10)14(18)13(7-1-2-7)8-3-4-8/h5-8,13-14,18H,1-4H2. The number of rotatable bonds is 4. The fourth-order valence-electron chi connectivity index (χ4n) is 2.83. The Hall–Kier alpha value is -1.03. The van der Waals surface area contributed by atoms with Crippen LogP contribution in [0.1, 0.15) is 37.4 Å². The predicted molar refractivity (Wildman–Crippen MR) is 60.2 cm³/mol. The maximum atomic E-state index is 13.6. The average molecular weight is 256 g/mol. The van der Waals surface area contributed by atoms with Crippen LogP contribution in [-0.4, -0.2) is 5.11 Å². The van der Waals surface area contributed by atoms with Gasteiger partial charge in [-0.15, -0.1) is 0 Å². The molecule has 0 aromatic heterocycles. The number of hydrogen-bond donors (Lipinski definition) is 1. The SMILES string of the molecule is OC(c1cc(F)c(F)cc1F)C(C1CC1)C1CC1. The second kappa shape index (κ2) is 4.26. The van der Waals surface area contributed by atoms with Crippen molar-refractivity contribution in [3.8, 4) is 0 Å². The Balaban J connectivity index is 1.90. The minimum Gasteiger partial charge on any atom is -0.388 e. The van der Waals surface area contributed by atoms with Crippen molar-refractivity contribution in [3.63, 3.8) is 0 Å². The van der Waals surface area contributed by atoms with Crippen molar-refractivity contribution in [2.75, 3.05) is 0 Å². The van der Waals surface area contributed by atoms with Crippen molar-refractivity contribution in [1.82, 2.24) is 0 Å². The molecule has 1 N–H and O–H groups in total. The van der Waals surface area contributed by atoms with Gasteiger partial charge in [0.05, 0.1) is 6.10 Å². The zero-order chi connectivity index (χ0) is 12.9. The third-order valence-corrected chi connectivity index (χ3v) is 4.06. The van der Waals surface area contributed by atoms with Gasteiger partial charge in [-0.25, -0.2) is 13.2 Å². The fourth-order valence-corrected chi connectivity index (χ4v) is 2.83. The van der Waals surface area contributed by atoms with Crippen LogP contribution in [0.3, 0.4) is 0 Å². The average Bonchev–Trinajstić information content (AvgIpc) is 3.16. The van der Waals surface area contributed by atoms with E-state index in [-0.39, 0.29) is 11.5 Å². The van der Waals surface area contributed by atoms with E-state index in [1.54, 1.807) is 0 Å². The molecule has 1 nitrogen and oxygen atoms in total. The quantitative estimate of drug-likeness (QED) is 0.816. The first-order valence-corrected chi connectivity index (χ1v) is 6.40. The molecule has 0 amide bonds. The Morgan fingerprint density at radius 3 is 1.89 bits per heavy atom. The molecule has 2 aliphatic rings. The molecule has 18 heavy (non-hydrogen) atoms. The zero-order valence-corrected chi connectivity index (χ0v) is 9.87. The van der Waals surface area contributed by atoms with E-state index in [1.807, 2.05) is 0 Å². The van der Waals surface area contributed by atoms with Crippen LogP contribution < -0.4 is 0 Å². The Morgan fingerprint density at radius 1 is 0.889 bits per heavy atom. The molecule has 1 aromatic carbocycles. The molecule has 2 saturated carbocycles. The van der Waals surface area contributed by atoms with Gasteiger partial charge in [0.25, 0.3) is 0 Å². The number of aliphatic hydroxyl groups is 1. The lowest BCUT2D eigenvalue weighted by Crippen LogP contribution is -2.18. The third kappa shape index (κ3) is 2.14. The van der Waals surface area contributed by atoms with Gasteiger partial charge in [-0.05, 0) is 49.5 Å². The van der Waals surface area contributed by atoms with Crippen molar-refractivity contribution < 1.29 is 18.3 Å². The van der Waals surface area contributed by atoms with Gasteiger partial charge in [-0.1, -0.05) is 0 Å². The molecule has 0 saturated heterocycles. The molecule has 1 unspecified atom stereocenters. The number of benzene rings is 1. The van der Waals surface area contributed by atoms with Gasteiger partial charge in [0.1, 0.15) is 5.82 Å². The van der Waals surface area contributed by atoms with Crippen molar-refractivity contribution >= 4 is 0 Å². The predicted octanol–water partition coefficient (Wildman–Crippen LogP) is 3.57. The summed E-state index contributed by atoms with van der Waals surface area (Å²) in [6, 6.07) is 1.32. The molecule has 0 spiro atoms. The molecule has 2 aliphatic carbocycles. The maximum Gasteiger partial charge on any atom is 0.161 e. The molecular weight excluding hydrogens is 241 g/mol. The Labute approximate surface area is 104 Å². The highest BCUT2D eigenvalue weighted by Crippen LogP contribution is 2.54. The first-order chi connectivity index (χ1) is 8.58. The van der Waals surface area contributed by atoms with Gasteiger partial charge in [0.15, 0.2) is 11.6 Å². The highest BCUT2D eigenvalue weighted by atomic mass is 19.2. The molecule has 1 atom stereocenters. The van der Waals surface area contributed by atoms with E-state index < -0.39 is 23.6 Å². The van der Waals surface area contributed by atoms with Crippen molar-refractivity contribution in [3.05, 3.63) is 35.1 Å². The summed E-state index contributed by atoms with van der Waals surface area (Å²) in [4.78, 5) is 0. The molecule has 0 heterocycles. The van der Waals surface area contributed by atoms with Crippen LogP contribution in [0.2, 0.25) is 0 Å². The van der Waals surface area contributed by atoms with Crippen molar-refractivity contribution in [2.45, 2.75) is 31.8 Å². The van der Waals surface area contributed by atoms with Crippen LogP contribution in [0.4, 0.5) is 13.2 Å². The van der Waals surface area contributed by atoms with Gasteiger partial charge in [-0.2, -0.15) is 0 Å². The second-order valence-corrected chi connectivity index (χ2v) is 5.48. The van der Waals surface area contributed by atoms with Gasteiger partial charge >= 0.3 is 0 Å². The van der Waals surface area contributed by atoms with Crippen LogP contribution in [0, 0.1) is 35.2 Å². The van der Waals surface area contributed by atoms with E-state index in [4.69, 9.17) is 0 Å². The van der Waals surface area contributed by atoms with E-state index >= 15 is 0 Å². The third-order valence-electron chi connectivity index (χ3n) is 4.06. The van der Waals surface area contributed by atoms with Crippen LogP contribution >= 0.6 is 0 Å². The van der Waals surface area contributed by atoms with Crippen LogP contribution in [0.15, 0.2) is 12.1 Å². The number of hydrogen-bond acceptors (Lipinski definition) is 1. The Morgan fingerprint density at radius 2 is 1.39 bits per heavy atom. The summed E-state index contributed by atoms with van der Waals surface area (Å²) in [5.74, 6) is -2.33. The Kier molecular flexibility index (Phi) is 2.85. The lowest BCUT2D eigenvalue weighted by Gasteiger charge is -2.23. The normalized spacial score (nSPS) is 21.4. The fraction of sp³-hybridized carbons (Fsp3) is 0.571. The van der Waals surface area contributed by atoms with Gasteiger partial charge in [-0.3, -0.25) is 0 Å². The summed E-state index contributed by atoms with van der Waals surface area (Å²) in [6.07, 6.45) is 3.17. The van der Waals surface area contributed by atoms with E-state index in [0.717, 1.165) is 31.7 Å². The minimum absolute atomic E-state index is 0.00404. The van der Waals surface area contributed by atoms with Crippen molar-refractivity contribution in [1.29, 1.82) is 0 Å². The summed E-state index contributed by atoms with van der Waals surface area (Å²) >= 11 is 0. The summed E-state index contributed by atoms with van der Waals surface area (Å²) in [5.41, 5.74) is -0.0994. The monoisotopic (exact) mass is 256 g/mol. The number of halogens is 3.